The highest BCUT2D eigenvalue weighted by atomic mass is 79.9. The van der Waals surface area contributed by atoms with E-state index in [1.807, 2.05) is 60.9 Å². The van der Waals surface area contributed by atoms with Crippen molar-refractivity contribution in [1.82, 2.24) is 4.98 Å². The molecule has 3 aromatic rings. The molecule has 0 bridgehead atoms. The lowest BCUT2D eigenvalue weighted by Crippen LogP contribution is -1.99. The van der Waals surface area contributed by atoms with Gasteiger partial charge in [-0.1, -0.05) is 40.2 Å². The van der Waals surface area contributed by atoms with Gasteiger partial charge in [0, 0.05) is 20.5 Å². The van der Waals surface area contributed by atoms with Gasteiger partial charge in [0.1, 0.15) is 17.5 Å². The molecular weight excluding hydrogens is 382 g/mol. The minimum atomic E-state index is 0.252. The van der Waals surface area contributed by atoms with Crippen LogP contribution in [0.15, 0.2) is 64.0 Å². The number of nitrogen functional groups attached to an aromatic ring is 1. The fourth-order valence-corrected chi connectivity index (χ4v) is 3.12. The zero-order valence-corrected chi connectivity index (χ0v) is 15.4. The van der Waals surface area contributed by atoms with E-state index in [1.54, 1.807) is 11.8 Å². The van der Waals surface area contributed by atoms with E-state index < -0.39 is 0 Å². The topological polar surface area (TPSA) is 62.7 Å². The molecule has 0 aliphatic heterocycles. The highest BCUT2D eigenvalue weighted by molar-refractivity contribution is 9.10. The Bertz CT molecular complexity index is 913. The number of nitrogens with two attached hydrogens (primary N) is 1. The first-order valence-corrected chi connectivity index (χ1v) is 9.25. The molecule has 5 heteroatoms. The third-order valence-corrected chi connectivity index (χ3v) is 4.97. The van der Waals surface area contributed by atoms with E-state index in [9.17, 15) is 5.26 Å². The number of nitrogens with zero attached hydrogens (tertiary/aromatic N) is 2. The fraction of sp³-hybridized carbons (Fsp3) is 0.0526. The molecule has 0 aliphatic carbocycles. The van der Waals surface area contributed by atoms with Gasteiger partial charge < -0.3 is 5.73 Å². The van der Waals surface area contributed by atoms with Gasteiger partial charge in [-0.3, -0.25) is 0 Å². The van der Waals surface area contributed by atoms with E-state index in [0.29, 0.717) is 5.56 Å². The fourth-order valence-electron chi connectivity index (χ4n) is 2.45. The molecule has 0 radical (unpaired) electrons. The van der Waals surface area contributed by atoms with E-state index in [2.05, 4.69) is 27.0 Å². The number of nitriles is 1. The summed E-state index contributed by atoms with van der Waals surface area (Å²) in [4.78, 5) is 5.57. The normalized spacial score (nSPS) is 10.4. The summed E-state index contributed by atoms with van der Waals surface area (Å²) in [5.74, 6) is 0.252. The van der Waals surface area contributed by atoms with Crippen LogP contribution in [0.25, 0.3) is 22.4 Å². The van der Waals surface area contributed by atoms with Crippen molar-refractivity contribution in [3.63, 3.8) is 0 Å². The van der Waals surface area contributed by atoms with Gasteiger partial charge in [-0.05, 0) is 42.2 Å². The molecule has 0 unspecified atom stereocenters. The molecule has 1 heterocycles. The zero-order chi connectivity index (χ0) is 17.1. The Balaban J connectivity index is 2.16. The summed E-state index contributed by atoms with van der Waals surface area (Å²) in [6.07, 6.45) is 2.03. The molecule has 0 saturated carbocycles. The van der Waals surface area contributed by atoms with Gasteiger partial charge in [0.05, 0.1) is 5.69 Å². The quantitative estimate of drug-likeness (QED) is 0.606. The molecule has 0 amide bonds. The van der Waals surface area contributed by atoms with Crippen LogP contribution in [0.3, 0.4) is 0 Å². The molecule has 2 N–H and O–H groups in total. The van der Waals surface area contributed by atoms with E-state index >= 15 is 0 Å². The van der Waals surface area contributed by atoms with Crippen LogP contribution in [-0.2, 0) is 0 Å². The predicted molar refractivity (Wildman–Crippen MR) is 104 cm³/mol. The third-order valence-electron chi connectivity index (χ3n) is 3.70. The Hall–Kier alpha value is -2.29. The minimum absolute atomic E-state index is 0.252. The summed E-state index contributed by atoms with van der Waals surface area (Å²) in [5.41, 5.74) is 9.92. The van der Waals surface area contributed by atoms with Crippen LogP contribution in [0.4, 0.5) is 5.82 Å². The van der Waals surface area contributed by atoms with Crippen LogP contribution in [0.2, 0.25) is 0 Å². The molecule has 1 aromatic heterocycles. The Morgan fingerprint density at radius 1 is 1.04 bits per heavy atom. The summed E-state index contributed by atoms with van der Waals surface area (Å²) in [6, 6.07) is 20.0. The lowest BCUT2D eigenvalue weighted by atomic mass is 9.98. The first kappa shape index (κ1) is 16.6. The van der Waals surface area contributed by atoms with E-state index in [-0.39, 0.29) is 5.82 Å². The van der Waals surface area contributed by atoms with E-state index in [0.717, 1.165) is 26.9 Å². The standard InChI is InChI=1S/C19H14BrN3S/c1-24-15-8-4-12(5-9-15)16-10-18(23-19(22)17(16)11-21)13-2-6-14(20)7-3-13/h2-10H,1H3,(H2,22,23). The maximum atomic E-state index is 9.48. The molecule has 3 nitrogen and oxygen atoms in total. The first-order valence-electron chi connectivity index (χ1n) is 7.23. The van der Waals surface area contributed by atoms with Gasteiger partial charge in [-0.2, -0.15) is 5.26 Å². The molecule has 0 atom stereocenters. The molecule has 3 rings (SSSR count). The number of anilines is 1. The Labute approximate surface area is 153 Å². The third kappa shape index (κ3) is 3.30. The van der Waals surface area contributed by atoms with Crippen LogP contribution in [-0.4, -0.2) is 11.2 Å². The van der Waals surface area contributed by atoms with Crippen molar-refractivity contribution in [2.24, 2.45) is 0 Å². The number of aromatic nitrogens is 1. The Kier molecular flexibility index (Phi) is 4.89. The van der Waals surface area contributed by atoms with Crippen molar-refractivity contribution in [3.8, 4) is 28.5 Å². The molecular formula is C19H14BrN3S. The monoisotopic (exact) mass is 395 g/mol. The number of benzene rings is 2. The van der Waals surface area contributed by atoms with Gasteiger partial charge in [-0.15, -0.1) is 11.8 Å². The number of rotatable bonds is 3. The maximum absolute atomic E-state index is 9.48. The molecule has 24 heavy (non-hydrogen) atoms. The molecule has 0 aliphatic rings. The smallest absolute Gasteiger partial charge is 0.142 e. The Morgan fingerprint density at radius 2 is 1.67 bits per heavy atom. The average molecular weight is 396 g/mol. The predicted octanol–water partition coefficient (Wildman–Crippen LogP) is 5.35. The number of pyridine rings is 1. The van der Waals surface area contributed by atoms with Crippen molar-refractivity contribution >= 4 is 33.5 Å². The van der Waals surface area contributed by atoms with Gasteiger partial charge in [-0.25, -0.2) is 4.98 Å². The highest BCUT2D eigenvalue weighted by Crippen LogP contribution is 2.32. The highest BCUT2D eigenvalue weighted by Gasteiger charge is 2.13. The van der Waals surface area contributed by atoms with Crippen LogP contribution in [0.1, 0.15) is 5.56 Å². The van der Waals surface area contributed by atoms with E-state index in [1.165, 1.54) is 4.90 Å². The zero-order valence-electron chi connectivity index (χ0n) is 13.0. The Morgan fingerprint density at radius 3 is 2.25 bits per heavy atom. The van der Waals surface area contributed by atoms with Crippen LogP contribution in [0.5, 0.6) is 0 Å². The summed E-state index contributed by atoms with van der Waals surface area (Å²) >= 11 is 5.11. The lowest BCUT2D eigenvalue weighted by Gasteiger charge is -2.11. The van der Waals surface area contributed by atoms with Crippen molar-refractivity contribution in [1.29, 1.82) is 5.26 Å². The number of hydrogen-bond donors (Lipinski definition) is 1. The van der Waals surface area contributed by atoms with Crippen molar-refractivity contribution in [2.75, 3.05) is 12.0 Å². The minimum Gasteiger partial charge on any atom is -0.383 e. The van der Waals surface area contributed by atoms with Crippen LogP contribution in [0, 0.1) is 11.3 Å². The average Bonchev–Trinajstić information content (AvgIpc) is 2.61. The molecule has 0 saturated heterocycles. The molecule has 0 fully saturated rings. The summed E-state index contributed by atoms with van der Waals surface area (Å²) in [7, 11) is 0. The van der Waals surface area contributed by atoms with Crippen LogP contribution < -0.4 is 5.73 Å². The number of hydrogen-bond acceptors (Lipinski definition) is 4. The maximum Gasteiger partial charge on any atom is 0.142 e. The van der Waals surface area contributed by atoms with Gasteiger partial charge in [0.15, 0.2) is 0 Å². The van der Waals surface area contributed by atoms with Gasteiger partial charge >= 0.3 is 0 Å². The molecule has 0 spiro atoms. The van der Waals surface area contributed by atoms with Crippen molar-refractivity contribution in [3.05, 3.63) is 64.6 Å². The summed E-state index contributed by atoms with van der Waals surface area (Å²) in [5, 5.41) is 9.48. The molecule has 2 aromatic carbocycles. The second-order valence-electron chi connectivity index (χ2n) is 5.16. The van der Waals surface area contributed by atoms with E-state index in [4.69, 9.17) is 5.73 Å². The van der Waals surface area contributed by atoms with Gasteiger partial charge in [0.25, 0.3) is 0 Å². The molecule has 118 valence electrons. The van der Waals surface area contributed by atoms with Gasteiger partial charge in [0.2, 0.25) is 0 Å². The first-order chi connectivity index (χ1) is 11.6. The lowest BCUT2D eigenvalue weighted by molar-refractivity contribution is 1.31. The summed E-state index contributed by atoms with van der Waals surface area (Å²) < 4.78 is 1.00. The number of thioether (sulfide) groups is 1. The summed E-state index contributed by atoms with van der Waals surface area (Å²) in [6.45, 7) is 0. The van der Waals surface area contributed by atoms with Crippen molar-refractivity contribution in [2.45, 2.75) is 4.90 Å². The second-order valence-corrected chi connectivity index (χ2v) is 6.96. The largest absolute Gasteiger partial charge is 0.383 e. The number of halogens is 1. The second kappa shape index (κ2) is 7.08. The van der Waals surface area contributed by atoms with Crippen molar-refractivity contribution < 1.29 is 0 Å². The van der Waals surface area contributed by atoms with Crippen LogP contribution >= 0.6 is 27.7 Å². The SMILES string of the molecule is CSc1ccc(-c2cc(-c3ccc(Br)cc3)nc(N)c2C#N)cc1.